The van der Waals surface area contributed by atoms with Crippen molar-refractivity contribution in [3.8, 4) is 0 Å². The molecule has 0 spiro atoms. The van der Waals surface area contributed by atoms with Crippen LogP contribution in [0.15, 0.2) is 60.7 Å². The lowest BCUT2D eigenvalue weighted by atomic mass is 9.85. The van der Waals surface area contributed by atoms with E-state index in [1.165, 1.54) is 11.6 Å². The van der Waals surface area contributed by atoms with Gasteiger partial charge in [0.15, 0.2) is 0 Å². The maximum Gasteiger partial charge on any atom is 0.131 e. The molecule has 1 heterocycles. The predicted octanol–water partition coefficient (Wildman–Crippen LogP) is 7.40. The van der Waals surface area contributed by atoms with E-state index in [0.29, 0.717) is 23.5 Å². The van der Waals surface area contributed by atoms with Gasteiger partial charge < -0.3 is 4.90 Å². The fourth-order valence-electron chi connectivity index (χ4n) is 5.73. The summed E-state index contributed by atoms with van der Waals surface area (Å²) >= 11 is 0. The largest absolute Gasteiger partial charge is 0.303 e. The normalized spacial score (nSPS) is 16.7. The Morgan fingerprint density at radius 1 is 0.857 bits per heavy atom. The summed E-state index contributed by atoms with van der Waals surface area (Å²) in [5.41, 5.74) is 7.20. The molecule has 1 nitrogen and oxygen atoms in total. The number of alkyl halides is 1. The van der Waals surface area contributed by atoms with Crippen molar-refractivity contribution in [2.75, 3.05) is 26.3 Å². The van der Waals surface area contributed by atoms with Crippen LogP contribution in [0.5, 0.6) is 0 Å². The minimum Gasteiger partial charge on any atom is -0.303 e. The van der Waals surface area contributed by atoms with Crippen molar-refractivity contribution in [3.63, 3.8) is 0 Å². The van der Waals surface area contributed by atoms with Crippen LogP contribution >= 0.6 is 0 Å². The van der Waals surface area contributed by atoms with Crippen LogP contribution in [0, 0.1) is 24.5 Å². The summed E-state index contributed by atoms with van der Waals surface area (Å²) in [4.78, 5) is 2.26. The van der Waals surface area contributed by atoms with Gasteiger partial charge in [0.05, 0.1) is 6.67 Å². The number of benzene rings is 3. The first-order valence-corrected chi connectivity index (χ1v) is 12.7. The summed E-state index contributed by atoms with van der Waals surface area (Å²) in [7, 11) is 0. The quantitative estimate of drug-likeness (QED) is 0.344. The Labute approximate surface area is 206 Å². The molecule has 0 amide bonds. The molecule has 4 heteroatoms. The first kappa shape index (κ1) is 23.9. The van der Waals surface area contributed by atoms with Gasteiger partial charge in [-0.05, 0) is 96.0 Å². The van der Waals surface area contributed by atoms with Gasteiger partial charge in [-0.3, -0.25) is 4.39 Å². The van der Waals surface area contributed by atoms with E-state index >= 15 is 4.39 Å². The Bertz CT molecular complexity index is 1240. The average Bonchev–Trinajstić information content (AvgIpc) is 3.02. The average molecular weight is 476 g/mol. The molecule has 0 atom stereocenters. The zero-order valence-corrected chi connectivity index (χ0v) is 20.3. The molecule has 0 unspecified atom stereocenters. The number of fused-ring (bicyclic) bond motifs is 1. The van der Waals surface area contributed by atoms with Crippen LogP contribution in [-0.2, 0) is 12.8 Å². The SMILES string of the molecule is Cc1c(F)cccc1C1=C(c2ccc(CC3CN(CCCF)C3)cc2F)c2ccccc2CCC1. The summed E-state index contributed by atoms with van der Waals surface area (Å²) in [6.45, 7) is 4.23. The number of allylic oxidation sites excluding steroid dienone is 1. The Kier molecular flexibility index (Phi) is 7.10. The molecule has 182 valence electrons. The molecule has 0 N–H and O–H groups in total. The molecule has 1 saturated heterocycles. The molecule has 35 heavy (non-hydrogen) atoms. The second kappa shape index (κ2) is 10.4. The number of halogens is 3. The Balaban J connectivity index is 1.52. The molecule has 3 aromatic rings. The Morgan fingerprint density at radius 2 is 1.66 bits per heavy atom. The molecule has 3 aromatic carbocycles. The number of hydrogen-bond donors (Lipinski definition) is 0. The van der Waals surface area contributed by atoms with Crippen LogP contribution in [0.4, 0.5) is 13.2 Å². The third kappa shape index (κ3) is 4.95. The highest BCUT2D eigenvalue weighted by Gasteiger charge is 2.27. The lowest BCUT2D eigenvalue weighted by Crippen LogP contribution is -2.47. The van der Waals surface area contributed by atoms with Gasteiger partial charge in [-0.15, -0.1) is 0 Å². The highest BCUT2D eigenvalue weighted by molar-refractivity contribution is 6.00. The van der Waals surface area contributed by atoms with Crippen LogP contribution in [0.25, 0.3) is 11.1 Å². The first-order valence-electron chi connectivity index (χ1n) is 12.7. The molecule has 1 fully saturated rings. The van der Waals surface area contributed by atoms with Gasteiger partial charge in [0.1, 0.15) is 11.6 Å². The van der Waals surface area contributed by atoms with Gasteiger partial charge in [-0.1, -0.05) is 48.5 Å². The third-order valence-electron chi connectivity index (χ3n) is 7.52. The summed E-state index contributed by atoms with van der Waals surface area (Å²) < 4.78 is 42.7. The van der Waals surface area contributed by atoms with E-state index < -0.39 is 0 Å². The summed E-state index contributed by atoms with van der Waals surface area (Å²) in [6.07, 6.45) is 4.03. The molecule has 1 aliphatic carbocycles. The van der Waals surface area contributed by atoms with Crippen LogP contribution in [0.3, 0.4) is 0 Å². The van der Waals surface area contributed by atoms with Crippen LogP contribution in [0.1, 0.15) is 52.6 Å². The smallest absolute Gasteiger partial charge is 0.131 e. The van der Waals surface area contributed by atoms with Crippen LogP contribution in [0.2, 0.25) is 0 Å². The van der Waals surface area contributed by atoms with Gasteiger partial charge >= 0.3 is 0 Å². The van der Waals surface area contributed by atoms with Crippen molar-refractivity contribution >= 4 is 11.1 Å². The number of hydrogen-bond acceptors (Lipinski definition) is 1. The van der Waals surface area contributed by atoms with Crippen molar-refractivity contribution in [3.05, 3.63) is 106 Å². The summed E-state index contributed by atoms with van der Waals surface area (Å²) in [5, 5.41) is 0. The summed E-state index contributed by atoms with van der Waals surface area (Å²) in [5.74, 6) is 0.0290. The van der Waals surface area contributed by atoms with Crippen LogP contribution in [-0.4, -0.2) is 31.2 Å². The Morgan fingerprint density at radius 3 is 2.46 bits per heavy atom. The molecular weight excluding hydrogens is 443 g/mol. The van der Waals surface area contributed by atoms with E-state index in [0.717, 1.165) is 73.2 Å². The molecule has 0 bridgehead atoms. The summed E-state index contributed by atoms with van der Waals surface area (Å²) in [6, 6.07) is 19.0. The monoisotopic (exact) mass is 475 g/mol. The lowest BCUT2D eigenvalue weighted by molar-refractivity contribution is 0.0968. The second-order valence-electron chi connectivity index (χ2n) is 9.96. The van der Waals surface area contributed by atoms with Gasteiger partial charge in [-0.25, -0.2) is 8.78 Å². The standard InChI is InChI=1S/C31H32F3N/c1-21-25(10-5-12-29(21)33)27-11-4-8-24-7-2-3-9-26(24)31(27)28-14-13-22(18-30(28)34)17-23-19-35(20-23)16-6-15-32/h2-3,5,7,9-10,12-14,18,23H,4,6,8,11,15-17,19-20H2,1H3. The molecular formula is C31H32F3N. The second-order valence-corrected chi connectivity index (χ2v) is 9.96. The molecule has 0 saturated carbocycles. The first-order chi connectivity index (χ1) is 17.0. The van der Waals surface area contributed by atoms with Crippen LogP contribution < -0.4 is 0 Å². The van der Waals surface area contributed by atoms with E-state index in [9.17, 15) is 8.78 Å². The van der Waals surface area contributed by atoms with E-state index in [-0.39, 0.29) is 18.3 Å². The topological polar surface area (TPSA) is 3.24 Å². The van der Waals surface area contributed by atoms with Gasteiger partial charge in [0.25, 0.3) is 0 Å². The zero-order valence-electron chi connectivity index (χ0n) is 20.3. The van der Waals surface area contributed by atoms with Crippen molar-refractivity contribution in [2.45, 2.75) is 39.0 Å². The molecule has 5 rings (SSSR count). The number of likely N-dealkylation sites (tertiary alicyclic amines) is 1. The van der Waals surface area contributed by atoms with E-state index in [1.807, 2.05) is 30.3 Å². The van der Waals surface area contributed by atoms with E-state index in [2.05, 4.69) is 17.0 Å². The number of aryl methyl sites for hydroxylation is 1. The van der Waals surface area contributed by atoms with Crippen molar-refractivity contribution in [1.29, 1.82) is 0 Å². The lowest BCUT2D eigenvalue weighted by Gasteiger charge is -2.39. The van der Waals surface area contributed by atoms with E-state index in [4.69, 9.17) is 0 Å². The highest BCUT2D eigenvalue weighted by Crippen LogP contribution is 2.42. The van der Waals surface area contributed by atoms with Gasteiger partial charge in [-0.2, -0.15) is 0 Å². The fraction of sp³-hybridized carbons (Fsp3) is 0.355. The van der Waals surface area contributed by atoms with Gasteiger partial charge in [0.2, 0.25) is 0 Å². The maximum absolute atomic E-state index is 15.8. The van der Waals surface area contributed by atoms with Crippen molar-refractivity contribution in [2.24, 2.45) is 5.92 Å². The number of nitrogens with zero attached hydrogens (tertiary/aromatic N) is 1. The molecule has 2 aliphatic rings. The third-order valence-corrected chi connectivity index (χ3v) is 7.52. The highest BCUT2D eigenvalue weighted by atomic mass is 19.1. The Hall–Kier alpha value is -2.85. The predicted molar refractivity (Wildman–Crippen MR) is 137 cm³/mol. The minimum absolute atomic E-state index is 0.227. The van der Waals surface area contributed by atoms with Crippen molar-refractivity contribution < 1.29 is 13.2 Å². The molecule has 0 radical (unpaired) electrons. The molecule has 0 aromatic heterocycles. The van der Waals surface area contributed by atoms with Crippen molar-refractivity contribution in [1.82, 2.24) is 4.90 Å². The molecule has 1 aliphatic heterocycles. The van der Waals surface area contributed by atoms with E-state index in [1.54, 1.807) is 19.1 Å². The van der Waals surface area contributed by atoms with Gasteiger partial charge in [0, 0.05) is 25.2 Å². The number of rotatable bonds is 7. The maximum atomic E-state index is 15.8. The fourth-order valence-corrected chi connectivity index (χ4v) is 5.73. The zero-order chi connectivity index (χ0) is 24.4. The minimum atomic E-state index is -0.274.